The maximum atomic E-state index is 12.3. The molecular weight excluding hydrogens is 246 g/mol. The van der Waals surface area contributed by atoms with Crippen LogP contribution >= 0.6 is 0 Å². The molecule has 2 heterocycles. The Hall–Kier alpha value is -2.11. The van der Waals surface area contributed by atoms with Crippen molar-refractivity contribution in [1.82, 2.24) is 15.2 Å². The molecule has 0 saturated carbocycles. The van der Waals surface area contributed by atoms with Crippen molar-refractivity contribution in [2.75, 3.05) is 7.05 Å². The van der Waals surface area contributed by atoms with Crippen molar-refractivity contribution >= 4 is 5.91 Å². The molecule has 6 heteroatoms. The summed E-state index contributed by atoms with van der Waals surface area (Å²) in [6.45, 7) is 5.84. The Morgan fingerprint density at radius 3 is 2.58 bits per heavy atom. The number of carbonyl (C=O) groups is 1. The molecule has 2 rings (SSSR count). The summed E-state index contributed by atoms with van der Waals surface area (Å²) in [4.78, 5) is 13.8. The van der Waals surface area contributed by atoms with Gasteiger partial charge in [0.15, 0.2) is 5.69 Å². The van der Waals surface area contributed by atoms with Crippen LogP contribution in [0.15, 0.2) is 27.4 Å². The molecule has 0 fully saturated rings. The lowest BCUT2D eigenvalue weighted by atomic mass is 10.1. The molecule has 1 unspecified atom stereocenters. The molecule has 0 bridgehead atoms. The fourth-order valence-corrected chi connectivity index (χ4v) is 1.65. The fourth-order valence-electron chi connectivity index (χ4n) is 1.65. The highest BCUT2D eigenvalue weighted by molar-refractivity contribution is 5.92. The standard InChI is InChI=1S/C13H17N3O3/c1-8(2)12-7-11(15-19-12)13(17)16(4)9(3)10-5-6-18-14-10/h5-9H,1-4H3. The SMILES string of the molecule is CC(C)c1cc(C(=O)N(C)C(C)c2ccon2)no1. The van der Waals surface area contributed by atoms with Crippen LogP contribution in [-0.2, 0) is 0 Å². The average Bonchev–Trinajstić information content (AvgIpc) is 3.06. The van der Waals surface area contributed by atoms with Crippen molar-refractivity contribution in [1.29, 1.82) is 0 Å². The van der Waals surface area contributed by atoms with Crippen LogP contribution in [0.3, 0.4) is 0 Å². The van der Waals surface area contributed by atoms with Crippen LogP contribution in [0, 0.1) is 0 Å². The molecule has 1 amide bonds. The molecule has 2 aromatic heterocycles. The van der Waals surface area contributed by atoms with Crippen molar-refractivity contribution in [3.8, 4) is 0 Å². The molecule has 0 aliphatic rings. The molecule has 0 aliphatic heterocycles. The third-order valence-corrected chi connectivity index (χ3v) is 3.10. The minimum Gasteiger partial charge on any atom is -0.364 e. The molecule has 19 heavy (non-hydrogen) atoms. The first kappa shape index (κ1) is 13.3. The predicted molar refractivity (Wildman–Crippen MR) is 67.6 cm³/mol. The second-order valence-corrected chi connectivity index (χ2v) is 4.79. The zero-order chi connectivity index (χ0) is 14.0. The molecule has 6 nitrogen and oxygen atoms in total. The second kappa shape index (κ2) is 5.26. The Kier molecular flexibility index (Phi) is 3.69. The zero-order valence-corrected chi connectivity index (χ0v) is 11.5. The van der Waals surface area contributed by atoms with Gasteiger partial charge in [0.1, 0.15) is 17.7 Å². The van der Waals surface area contributed by atoms with Crippen LogP contribution < -0.4 is 0 Å². The van der Waals surface area contributed by atoms with E-state index in [4.69, 9.17) is 9.05 Å². The van der Waals surface area contributed by atoms with Crippen LogP contribution in [0.5, 0.6) is 0 Å². The number of hydrogen-bond acceptors (Lipinski definition) is 5. The molecule has 0 saturated heterocycles. The molecule has 0 spiro atoms. The number of nitrogens with zero attached hydrogens (tertiary/aromatic N) is 3. The van der Waals surface area contributed by atoms with Gasteiger partial charge in [0.25, 0.3) is 5.91 Å². The van der Waals surface area contributed by atoms with Gasteiger partial charge in [0.2, 0.25) is 0 Å². The number of hydrogen-bond donors (Lipinski definition) is 0. The fraction of sp³-hybridized carbons (Fsp3) is 0.462. The van der Waals surface area contributed by atoms with Crippen LogP contribution in [0.1, 0.15) is 54.7 Å². The molecule has 102 valence electrons. The third kappa shape index (κ3) is 2.67. The lowest BCUT2D eigenvalue weighted by molar-refractivity contribution is 0.0727. The highest BCUT2D eigenvalue weighted by atomic mass is 16.5. The van der Waals surface area contributed by atoms with E-state index >= 15 is 0 Å². The van der Waals surface area contributed by atoms with E-state index in [1.165, 1.54) is 6.26 Å². The summed E-state index contributed by atoms with van der Waals surface area (Å²) >= 11 is 0. The summed E-state index contributed by atoms with van der Waals surface area (Å²) in [5.74, 6) is 0.698. The van der Waals surface area contributed by atoms with Crippen molar-refractivity contribution in [2.24, 2.45) is 0 Å². The lowest BCUT2D eigenvalue weighted by Crippen LogP contribution is -2.30. The number of carbonyl (C=O) groups excluding carboxylic acids is 1. The number of amides is 1. The molecule has 2 aromatic rings. The van der Waals surface area contributed by atoms with Gasteiger partial charge in [0, 0.05) is 25.1 Å². The summed E-state index contributed by atoms with van der Waals surface area (Å²) in [6.07, 6.45) is 1.48. The molecule has 1 atom stereocenters. The Bertz CT molecular complexity index is 545. The second-order valence-electron chi connectivity index (χ2n) is 4.79. The van der Waals surface area contributed by atoms with Gasteiger partial charge in [-0.15, -0.1) is 0 Å². The summed E-state index contributed by atoms with van der Waals surface area (Å²) in [6, 6.07) is 3.22. The van der Waals surface area contributed by atoms with Gasteiger partial charge < -0.3 is 13.9 Å². The highest BCUT2D eigenvalue weighted by Gasteiger charge is 2.24. The van der Waals surface area contributed by atoms with Crippen molar-refractivity contribution < 1.29 is 13.8 Å². The van der Waals surface area contributed by atoms with E-state index in [-0.39, 0.29) is 17.9 Å². The zero-order valence-electron chi connectivity index (χ0n) is 11.5. The number of rotatable bonds is 4. The monoisotopic (exact) mass is 263 g/mol. The van der Waals surface area contributed by atoms with E-state index in [0.717, 1.165) is 0 Å². The maximum absolute atomic E-state index is 12.3. The quantitative estimate of drug-likeness (QED) is 0.847. The van der Waals surface area contributed by atoms with Crippen LogP contribution in [0.25, 0.3) is 0 Å². The van der Waals surface area contributed by atoms with E-state index in [1.807, 2.05) is 20.8 Å². The summed E-state index contributed by atoms with van der Waals surface area (Å²) in [5, 5.41) is 7.65. The maximum Gasteiger partial charge on any atom is 0.276 e. The largest absolute Gasteiger partial charge is 0.364 e. The van der Waals surface area contributed by atoms with Crippen molar-refractivity contribution in [3.63, 3.8) is 0 Å². The summed E-state index contributed by atoms with van der Waals surface area (Å²) < 4.78 is 9.92. The Morgan fingerprint density at radius 2 is 2.05 bits per heavy atom. The first-order valence-corrected chi connectivity index (χ1v) is 6.14. The van der Waals surface area contributed by atoms with Gasteiger partial charge in [-0.05, 0) is 6.92 Å². The minimum atomic E-state index is -0.203. The van der Waals surface area contributed by atoms with Gasteiger partial charge in [-0.3, -0.25) is 4.79 Å². The normalized spacial score (nSPS) is 12.7. The van der Waals surface area contributed by atoms with Gasteiger partial charge in [-0.25, -0.2) is 0 Å². The van der Waals surface area contributed by atoms with Crippen molar-refractivity contribution in [2.45, 2.75) is 32.7 Å². The van der Waals surface area contributed by atoms with Crippen LogP contribution in [0.2, 0.25) is 0 Å². The molecule has 0 aromatic carbocycles. The topological polar surface area (TPSA) is 72.4 Å². The van der Waals surface area contributed by atoms with Gasteiger partial charge in [0.05, 0.1) is 6.04 Å². The van der Waals surface area contributed by atoms with Gasteiger partial charge in [-0.2, -0.15) is 0 Å². The van der Waals surface area contributed by atoms with E-state index in [0.29, 0.717) is 17.1 Å². The smallest absolute Gasteiger partial charge is 0.276 e. The van der Waals surface area contributed by atoms with Crippen LogP contribution in [-0.4, -0.2) is 28.2 Å². The lowest BCUT2D eigenvalue weighted by Gasteiger charge is -2.21. The van der Waals surface area contributed by atoms with E-state index < -0.39 is 0 Å². The van der Waals surface area contributed by atoms with E-state index in [2.05, 4.69) is 10.3 Å². The first-order valence-electron chi connectivity index (χ1n) is 6.14. The third-order valence-electron chi connectivity index (χ3n) is 3.10. The molecule has 0 aliphatic carbocycles. The minimum absolute atomic E-state index is 0.189. The van der Waals surface area contributed by atoms with Crippen molar-refractivity contribution in [3.05, 3.63) is 35.5 Å². The van der Waals surface area contributed by atoms with E-state index in [9.17, 15) is 4.79 Å². The highest BCUT2D eigenvalue weighted by Crippen LogP contribution is 2.20. The van der Waals surface area contributed by atoms with Crippen LogP contribution in [0.4, 0.5) is 0 Å². The molecular formula is C13H17N3O3. The van der Waals surface area contributed by atoms with Gasteiger partial charge in [-0.1, -0.05) is 24.2 Å². The van der Waals surface area contributed by atoms with Gasteiger partial charge >= 0.3 is 0 Å². The predicted octanol–water partition coefficient (Wildman–Crippen LogP) is 2.62. The Morgan fingerprint density at radius 1 is 1.32 bits per heavy atom. The average molecular weight is 263 g/mol. The molecule has 0 N–H and O–H groups in total. The Balaban J connectivity index is 2.14. The van der Waals surface area contributed by atoms with E-state index in [1.54, 1.807) is 24.1 Å². The summed E-state index contributed by atoms with van der Waals surface area (Å²) in [7, 11) is 1.70. The first-order chi connectivity index (χ1) is 9.00. The summed E-state index contributed by atoms with van der Waals surface area (Å²) in [5.41, 5.74) is 1.00. The number of aromatic nitrogens is 2. The Labute approximate surface area is 111 Å². The molecule has 0 radical (unpaired) electrons.